The summed E-state index contributed by atoms with van der Waals surface area (Å²) in [6, 6.07) is 4.69. The Labute approximate surface area is 149 Å². The van der Waals surface area contributed by atoms with Crippen LogP contribution in [0.3, 0.4) is 0 Å². The molecule has 8 heteroatoms. The molecule has 0 amide bonds. The van der Waals surface area contributed by atoms with Crippen LogP contribution in [0.1, 0.15) is 32.1 Å². The van der Waals surface area contributed by atoms with Crippen LogP contribution in [0.15, 0.2) is 23.1 Å². The second-order valence-corrected chi connectivity index (χ2v) is 7.82. The van der Waals surface area contributed by atoms with Gasteiger partial charge in [0, 0.05) is 12.6 Å². The first kappa shape index (κ1) is 19.3. The molecular weight excluding hydrogens is 352 g/mol. The number of nitrogens with one attached hydrogen (secondary N) is 1. The van der Waals surface area contributed by atoms with Gasteiger partial charge in [0.2, 0.25) is 10.0 Å². The van der Waals surface area contributed by atoms with Crippen molar-refractivity contribution >= 4 is 22.4 Å². The molecule has 0 saturated heterocycles. The van der Waals surface area contributed by atoms with Gasteiger partial charge in [0.15, 0.2) is 11.5 Å². The molecule has 0 bridgehead atoms. The van der Waals surface area contributed by atoms with Gasteiger partial charge >= 0.3 is 0 Å². The van der Waals surface area contributed by atoms with E-state index in [0.717, 1.165) is 25.7 Å². The van der Waals surface area contributed by atoms with Gasteiger partial charge in [-0.1, -0.05) is 25.3 Å². The summed E-state index contributed by atoms with van der Waals surface area (Å²) in [6.45, 7) is 1.08. The van der Waals surface area contributed by atoms with Crippen molar-refractivity contribution < 1.29 is 17.9 Å². The number of fused-ring (bicyclic) bond motifs is 1. The molecule has 1 atom stereocenters. The molecule has 1 aliphatic heterocycles. The summed E-state index contributed by atoms with van der Waals surface area (Å²) in [6.07, 6.45) is 5.55. The third kappa shape index (κ3) is 4.14. The van der Waals surface area contributed by atoms with E-state index < -0.39 is 10.0 Å². The normalized spacial score (nSPS) is 19.4. The van der Waals surface area contributed by atoms with Gasteiger partial charge in [0.25, 0.3) is 0 Å². The van der Waals surface area contributed by atoms with Gasteiger partial charge < -0.3 is 15.2 Å². The molecule has 1 unspecified atom stereocenters. The molecule has 0 spiro atoms. The molecule has 1 fully saturated rings. The van der Waals surface area contributed by atoms with Crippen LogP contribution < -0.4 is 19.9 Å². The first-order chi connectivity index (χ1) is 11.1. The van der Waals surface area contributed by atoms with Crippen LogP contribution in [-0.4, -0.2) is 34.2 Å². The Bertz CT molecular complexity index is 647. The lowest BCUT2D eigenvalue weighted by molar-refractivity contribution is 0.167. The summed E-state index contributed by atoms with van der Waals surface area (Å²) >= 11 is 0. The van der Waals surface area contributed by atoms with E-state index in [0.29, 0.717) is 37.2 Å². The van der Waals surface area contributed by atoms with Crippen LogP contribution in [0.5, 0.6) is 11.5 Å². The summed E-state index contributed by atoms with van der Waals surface area (Å²) in [5.74, 6) is 1.08. The fraction of sp³-hybridized carbons (Fsp3) is 0.625. The number of nitrogens with two attached hydrogens (primary N) is 1. The van der Waals surface area contributed by atoms with Crippen LogP contribution in [0.4, 0.5) is 0 Å². The Hall–Kier alpha value is -1.02. The molecule has 2 aliphatic rings. The number of sulfonamides is 1. The first-order valence-electron chi connectivity index (χ1n) is 8.23. The lowest BCUT2D eigenvalue weighted by Crippen LogP contribution is -2.45. The maximum atomic E-state index is 12.8. The van der Waals surface area contributed by atoms with Crippen molar-refractivity contribution in [3.8, 4) is 11.5 Å². The molecule has 1 aromatic rings. The van der Waals surface area contributed by atoms with Crippen molar-refractivity contribution in [3.05, 3.63) is 18.2 Å². The average Bonchev–Trinajstić information content (AvgIpc) is 2.60. The number of hydrogen-bond acceptors (Lipinski definition) is 5. The monoisotopic (exact) mass is 376 g/mol. The molecule has 136 valence electrons. The van der Waals surface area contributed by atoms with Crippen molar-refractivity contribution in [2.45, 2.75) is 43.0 Å². The quantitative estimate of drug-likeness (QED) is 0.820. The van der Waals surface area contributed by atoms with Crippen molar-refractivity contribution in [1.82, 2.24) is 4.72 Å². The molecule has 0 radical (unpaired) electrons. The summed E-state index contributed by atoms with van der Waals surface area (Å²) in [7, 11) is -3.70. The summed E-state index contributed by atoms with van der Waals surface area (Å²) in [4.78, 5) is 0.129. The van der Waals surface area contributed by atoms with Crippen LogP contribution >= 0.6 is 12.4 Å². The highest BCUT2D eigenvalue weighted by molar-refractivity contribution is 7.89. The molecule has 1 saturated carbocycles. The minimum Gasteiger partial charge on any atom is -0.486 e. The predicted octanol–water partition coefficient (Wildman–Crippen LogP) is 2.07. The van der Waals surface area contributed by atoms with E-state index in [2.05, 4.69) is 4.72 Å². The van der Waals surface area contributed by atoms with E-state index in [4.69, 9.17) is 15.2 Å². The molecule has 0 aromatic heterocycles. The zero-order chi connectivity index (χ0) is 16.3. The maximum absolute atomic E-state index is 12.8. The van der Waals surface area contributed by atoms with Crippen molar-refractivity contribution in [3.63, 3.8) is 0 Å². The molecule has 24 heavy (non-hydrogen) atoms. The standard InChI is InChI=1S/C16H24N2O4S.ClH/c17-11-13(12-5-2-1-3-6-12)18-23(19,20)15-8-4-7-14-16(15)22-10-9-21-14;/h4,7-8,12-13,18H,1-3,5-6,9-11,17H2;1H. The summed E-state index contributed by atoms with van der Waals surface area (Å²) < 4.78 is 39.4. The number of para-hydroxylation sites is 1. The number of rotatable bonds is 5. The van der Waals surface area contributed by atoms with E-state index in [1.54, 1.807) is 18.2 Å². The highest BCUT2D eigenvalue weighted by Crippen LogP contribution is 2.36. The van der Waals surface area contributed by atoms with E-state index >= 15 is 0 Å². The Balaban J connectivity index is 0.00000208. The number of ether oxygens (including phenoxy) is 2. The third-order valence-corrected chi connectivity index (χ3v) is 6.11. The minimum absolute atomic E-state index is 0. The zero-order valence-electron chi connectivity index (χ0n) is 13.6. The maximum Gasteiger partial charge on any atom is 0.244 e. The third-order valence-electron chi connectivity index (χ3n) is 4.60. The van der Waals surface area contributed by atoms with Gasteiger partial charge in [0.05, 0.1) is 0 Å². The Morgan fingerprint density at radius 2 is 1.88 bits per heavy atom. The second kappa shape index (κ2) is 8.38. The first-order valence-corrected chi connectivity index (χ1v) is 9.71. The van der Waals surface area contributed by atoms with Gasteiger partial charge in [0.1, 0.15) is 18.1 Å². The number of halogens is 1. The molecule has 6 nitrogen and oxygen atoms in total. The lowest BCUT2D eigenvalue weighted by atomic mass is 9.84. The molecular formula is C16H25ClN2O4S. The number of hydrogen-bond donors (Lipinski definition) is 2. The zero-order valence-corrected chi connectivity index (χ0v) is 15.2. The molecule has 1 aliphatic carbocycles. The fourth-order valence-electron chi connectivity index (χ4n) is 3.39. The molecule has 1 aromatic carbocycles. The smallest absolute Gasteiger partial charge is 0.244 e. The second-order valence-electron chi connectivity index (χ2n) is 6.14. The van der Waals surface area contributed by atoms with Crippen molar-refractivity contribution in [2.24, 2.45) is 11.7 Å². The van der Waals surface area contributed by atoms with Gasteiger partial charge in [-0.05, 0) is 30.9 Å². The van der Waals surface area contributed by atoms with Gasteiger partial charge in [-0.15, -0.1) is 12.4 Å². The van der Waals surface area contributed by atoms with Crippen LogP contribution in [-0.2, 0) is 10.0 Å². The molecule has 1 heterocycles. The molecule has 3 rings (SSSR count). The van der Waals surface area contributed by atoms with Gasteiger partial charge in [-0.3, -0.25) is 0 Å². The topological polar surface area (TPSA) is 90.7 Å². The predicted molar refractivity (Wildman–Crippen MR) is 94.4 cm³/mol. The highest BCUT2D eigenvalue weighted by Gasteiger charge is 2.30. The van der Waals surface area contributed by atoms with Crippen LogP contribution in [0, 0.1) is 5.92 Å². The molecule has 3 N–H and O–H groups in total. The van der Waals surface area contributed by atoms with E-state index in [1.807, 2.05) is 0 Å². The van der Waals surface area contributed by atoms with E-state index in [-0.39, 0.29) is 23.3 Å². The van der Waals surface area contributed by atoms with E-state index in [1.165, 1.54) is 6.42 Å². The van der Waals surface area contributed by atoms with Crippen molar-refractivity contribution in [1.29, 1.82) is 0 Å². The van der Waals surface area contributed by atoms with Gasteiger partial charge in [-0.25, -0.2) is 13.1 Å². The Kier molecular flexibility index (Phi) is 6.74. The number of benzene rings is 1. The Morgan fingerprint density at radius 1 is 1.17 bits per heavy atom. The summed E-state index contributed by atoms with van der Waals surface area (Å²) in [5.41, 5.74) is 5.84. The largest absolute Gasteiger partial charge is 0.486 e. The highest BCUT2D eigenvalue weighted by atomic mass is 35.5. The van der Waals surface area contributed by atoms with E-state index in [9.17, 15) is 8.42 Å². The van der Waals surface area contributed by atoms with Crippen molar-refractivity contribution in [2.75, 3.05) is 19.8 Å². The van der Waals surface area contributed by atoms with Gasteiger partial charge in [-0.2, -0.15) is 0 Å². The fourth-order valence-corrected chi connectivity index (χ4v) is 4.87. The average molecular weight is 377 g/mol. The summed E-state index contributed by atoms with van der Waals surface area (Å²) in [5, 5.41) is 0. The minimum atomic E-state index is -3.70. The SMILES string of the molecule is Cl.NCC(NS(=O)(=O)c1cccc2c1OCCO2)C1CCCCC1. The van der Waals surface area contributed by atoms with Crippen LogP contribution in [0.2, 0.25) is 0 Å². The van der Waals surface area contributed by atoms with Crippen LogP contribution in [0.25, 0.3) is 0 Å². The lowest BCUT2D eigenvalue weighted by Gasteiger charge is -2.30. The Morgan fingerprint density at radius 3 is 2.58 bits per heavy atom.